The highest BCUT2D eigenvalue weighted by Crippen LogP contribution is 2.25. The normalized spacial score (nSPS) is 10.1. The van der Waals surface area contributed by atoms with Crippen molar-refractivity contribution in [3.63, 3.8) is 0 Å². The summed E-state index contributed by atoms with van der Waals surface area (Å²) in [7, 11) is 0. The predicted octanol–water partition coefficient (Wildman–Crippen LogP) is 3.07. The second-order valence-electron chi connectivity index (χ2n) is 4.52. The summed E-state index contributed by atoms with van der Waals surface area (Å²) in [4.78, 5) is 23.3. The minimum absolute atomic E-state index is 0.0381. The zero-order valence-electron chi connectivity index (χ0n) is 12.5. The number of amides is 1. The van der Waals surface area contributed by atoms with Crippen molar-refractivity contribution in [1.82, 2.24) is 10.2 Å². The molecule has 0 unspecified atom stereocenters. The van der Waals surface area contributed by atoms with Crippen LogP contribution in [0.1, 0.15) is 17.3 Å². The number of hydrogen-bond acceptors (Lipinski definition) is 7. The van der Waals surface area contributed by atoms with Gasteiger partial charge in [0.25, 0.3) is 0 Å². The lowest BCUT2D eigenvalue weighted by atomic mass is 10.1. The van der Waals surface area contributed by atoms with Crippen LogP contribution in [0.3, 0.4) is 0 Å². The minimum Gasteiger partial charge on any atom is -0.357 e. The Morgan fingerprint density at radius 1 is 1.39 bits per heavy atom. The molecular weight excluding hydrogens is 332 g/mol. The summed E-state index contributed by atoms with van der Waals surface area (Å²) in [5.74, 6) is 0.0239. The van der Waals surface area contributed by atoms with E-state index in [2.05, 4.69) is 27.4 Å². The molecule has 2 rings (SSSR count). The molecule has 1 heterocycles. The smallest absolute Gasteiger partial charge is 0.234 e. The third-order valence-corrected chi connectivity index (χ3v) is 4.70. The van der Waals surface area contributed by atoms with E-state index in [1.54, 1.807) is 30.3 Å². The van der Waals surface area contributed by atoms with Crippen LogP contribution >= 0.6 is 23.1 Å². The molecule has 0 atom stereocenters. The van der Waals surface area contributed by atoms with Crippen LogP contribution in [-0.2, 0) is 4.79 Å². The van der Waals surface area contributed by atoms with Gasteiger partial charge < -0.3 is 10.6 Å². The Morgan fingerprint density at radius 2 is 2.22 bits per heavy atom. The lowest BCUT2D eigenvalue weighted by Crippen LogP contribution is -2.14. The molecule has 0 aliphatic carbocycles. The predicted molar refractivity (Wildman–Crippen MR) is 94.4 cm³/mol. The van der Waals surface area contributed by atoms with Crippen molar-refractivity contribution in [2.24, 2.45) is 0 Å². The number of nitrogens with zero attached hydrogens (tertiary/aromatic N) is 2. The Hall–Kier alpha value is -2.19. The van der Waals surface area contributed by atoms with Gasteiger partial charge in [0.05, 0.1) is 5.75 Å². The molecule has 0 saturated carbocycles. The Kier molecular flexibility index (Phi) is 6.30. The van der Waals surface area contributed by atoms with Gasteiger partial charge in [-0.15, -0.1) is 16.8 Å². The summed E-state index contributed by atoms with van der Waals surface area (Å²) in [6.07, 6.45) is 1.73. The number of rotatable bonds is 8. The van der Waals surface area contributed by atoms with Crippen LogP contribution in [0.25, 0.3) is 0 Å². The number of anilines is 2. The molecule has 0 spiro atoms. The number of nitrogens with one attached hydrogen (secondary N) is 2. The van der Waals surface area contributed by atoms with Crippen LogP contribution in [0.15, 0.2) is 41.3 Å². The highest BCUT2D eigenvalue weighted by atomic mass is 32.2. The van der Waals surface area contributed by atoms with Gasteiger partial charge in [-0.2, -0.15) is 0 Å². The van der Waals surface area contributed by atoms with Gasteiger partial charge in [0.2, 0.25) is 11.0 Å². The SMILES string of the molecule is C=CCNc1nnc(SCC(=O)Nc2cccc(C(C)=O)c2)s1. The molecule has 6 nitrogen and oxygen atoms in total. The first-order chi connectivity index (χ1) is 11.1. The average molecular weight is 348 g/mol. The molecule has 0 bridgehead atoms. The van der Waals surface area contributed by atoms with Gasteiger partial charge in [0.1, 0.15) is 0 Å². The van der Waals surface area contributed by atoms with Gasteiger partial charge in [0, 0.05) is 17.8 Å². The van der Waals surface area contributed by atoms with E-state index >= 15 is 0 Å². The van der Waals surface area contributed by atoms with E-state index in [-0.39, 0.29) is 17.4 Å². The quantitative estimate of drug-likeness (QED) is 0.433. The van der Waals surface area contributed by atoms with Crippen LogP contribution in [0.5, 0.6) is 0 Å². The summed E-state index contributed by atoms with van der Waals surface area (Å²) in [5, 5.41) is 14.5. The van der Waals surface area contributed by atoms with Gasteiger partial charge in [-0.1, -0.05) is 41.3 Å². The van der Waals surface area contributed by atoms with Crippen molar-refractivity contribution < 1.29 is 9.59 Å². The molecule has 2 N–H and O–H groups in total. The minimum atomic E-state index is -0.161. The molecule has 23 heavy (non-hydrogen) atoms. The zero-order valence-corrected chi connectivity index (χ0v) is 14.2. The van der Waals surface area contributed by atoms with E-state index in [1.807, 2.05) is 0 Å². The maximum Gasteiger partial charge on any atom is 0.234 e. The maximum absolute atomic E-state index is 12.0. The Bertz CT molecular complexity index is 715. The molecule has 0 radical (unpaired) electrons. The number of Topliss-reactive ketones (excluding diaryl/α,β-unsaturated/α-hetero) is 1. The number of carbonyl (C=O) groups excluding carboxylic acids is 2. The summed E-state index contributed by atoms with van der Waals surface area (Å²) < 4.78 is 0.712. The van der Waals surface area contributed by atoms with E-state index in [0.717, 1.165) is 0 Å². The molecule has 0 aliphatic heterocycles. The van der Waals surface area contributed by atoms with E-state index in [4.69, 9.17) is 0 Å². The van der Waals surface area contributed by atoms with Gasteiger partial charge in [-0.3, -0.25) is 9.59 Å². The summed E-state index contributed by atoms with van der Waals surface area (Å²) in [5.41, 5.74) is 1.17. The number of ketones is 1. The molecule has 8 heteroatoms. The first-order valence-electron chi connectivity index (χ1n) is 6.80. The van der Waals surface area contributed by atoms with E-state index in [0.29, 0.717) is 27.3 Å². The van der Waals surface area contributed by atoms with Crippen molar-refractivity contribution in [3.8, 4) is 0 Å². The summed E-state index contributed by atoms with van der Waals surface area (Å²) in [6, 6.07) is 6.86. The molecule has 120 valence electrons. The number of aromatic nitrogens is 2. The molecule has 0 fully saturated rings. The van der Waals surface area contributed by atoms with Gasteiger partial charge in [-0.05, 0) is 19.1 Å². The van der Waals surface area contributed by atoms with Crippen molar-refractivity contribution in [2.75, 3.05) is 22.9 Å². The first kappa shape index (κ1) is 17.2. The van der Waals surface area contributed by atoms with Crippen LogP contribution in [0.2, 0.25) is 0 Å². The molecule has 1 amide bonds. The van der Waals surface area contributed by atoms with Crippen molar-refractivity contribution in [3.05, 3.63) is 42.5 Å². The highest BCUT2D eigenvalue weighted by molar-refractivity contribution is 8.01. The largest absolute Gasteiger partial charge is 0.357 e. The third-order valence-electron chi connectivity index (χ3n) is 2.68. The number of carbonyl (C=O) groups is 2. The molecular formula is C15H16N4O2S2. The monoisotopic (exact) mass is 348 g/mol. The Morgan fingerprint density at radius 3 is 2.96 bits per heavy atom. The average Bonchev–Trinajstić information content (AvgIpc) is 2.99. The first-order valence-corrected chi connectivity index (χ1v) is 8.60. The Balaban J connectivity index is 1.85. The van der Waals surface area contributed by atoms with E-state index in [9.17, 15) is 9.59 Å². The van der Waals surface area contributed by atoms with Crippen molar-refractivity contribution in [2.45, 2.75) is 11.3 Å². The molecule has 0 aliphatic rings. The summed E-state index contributed by atoms with van der Waals surface area (Å²) >= 11 is 2.70. The topological polar surface area (TPSA) is 84.0 Å². The zero-order chi connectivity index (χ0) is 16.7. The summed E-state index contributed by atoms with van der Waals surface area (Å²) in [6.45, 7) is 5.72. The van der Waals surface area contributed by atoms with Crippen LogP contribution < -0.4 is 10.6 Å². The van der Waals surface area contributed by atoms with Crippen molar-refractivity contribution >= 4 is 45.6 Å². The molecule has 0 saturated heterocycles. The second kappa shape index (κ2) is 8.44. The number of thioether (sulfide) groups is 1. The maximum atomic E-state index is 12.0. The molecule has 2 aromatic rings. The number of hydrogen-bond donors (Lipinski definition) is 2. The van der Waals surface area contributed by atoms with E-state index in [1.165, 1.54) is 30.0 Å². The highest BCUT2D eigenvalue weighted by Gasteiger charge is 2.09. The fraction of sp³-hybridized carbons (Fsp3) is 0.200. The van der Waals surface area contributed by atoms with Gasteiger partial charge in [-0.25, -0.2) is 0 Å². The number of benzene rings is 1. The standard InChI is InChI=1S/C15H16N4O2S2/c1-3-7-16-14-18-19-15(23-14)22-9-13(21)17-12-6-4-5-11(8-12)10(2)20/h3-6,8H,1,7,9H2,2H3,(H,16,18)(H,17,21). The fourth-order valence-electron chi connectivity index (χ4n) is 1.64. The van der Waals surface area contributed by atoms with E-state index < -0.39 is 0 Å². The lowest BCUT2D eigenvalue weighted by molar-refractivity contribution is -0.113. The lowest BCUT2D eigenvalue weighted by Gasteiger charge is -2.05. The second-order valence-corrected chi connectivity index (χ2v) is 6.72. The fourth-order valence-corrected chi connectivity index (χ4v) is 3.20. The Labute approximate surface area is 142 Å². The van der Waals surface area contributed by atoms with Crippen LogP contribution in [0.4, 0.5) is 10.8 Å². The third kappa shape index (κ3) is 5.50. The van der Waals surface area contributed by atoms with Gasteiger partial charge >= 0.3 is 0 Å². The van der Waals surface area contributed by atoms with Crippen molar-refractivity contribution in [1.29, 1.82) is 0 Å². The van der Waals surface area contributed by atoms with Crippen LogP contribution in [-0.4, -0.2) is 34.2 Å². The van der Waals surface area contributed by atoms with Gasteiger partial charge in [0.15, 0.2) is 10.1 Å². The molecule has 1 aromatic carbocycles. The molecule has 1 aromatic heterocycles. The van der Waals surface area contributed by atoms with Crippen LogP contribution in [0, 0.1) is 0 Å².